The second-order valence-corrected chi connectivity index (χ2v) is 5.12. The lowest BCUT2D eigenvalue weighted by Gasteiger charge is -2.21. The highest BCUT2D eigenvalue weighted by Gasteiger charge is 2.38. The van der Waals surface area contributed by atoms with Gasteiger partial charge in [-0.1, -0.05) is 36.8 Å². The average Bonchev–Trinajstić information content (AvgIpc) is 2.81. The molecule has 0 aliphatic heterocycles. The van der Waals surface area contributed by atoms with E-state index >= 15 is 0 Å². The third-order valence-electron chi connectivity index (χ3n) is 4.23. The highest BCUT2D eigenvalue weighted by molar-refractivity contribution is 5.16. The average molecular weight is 186 g/mol. The normalized spacial score (nSPS) is 35.0. The fraction of sp³-hybridized carbons (Fsp3) is 0.571. The predicted molar refractivity (Wildman–Crippen MR) is 59.1 cm³/mol. The quantitative estimate of drug-likeness (QED) is 0.661. The molecule has 2 bridgehead atoms. The molecule has 0 radical (unpaired) electrons. The number of rotatable bonds is 2. The Bertz CT molecular complexity index is 301. The fourth-order valence-corrected chi connectivity index (χ4v) is 3.54. The van der Waals surface area contributed by atoms with Gasteiger partial charge in [0, 0.05) is 0 Å². The van der Waals surface area contributed by atoms with E-state index in [9.17, 15) is 0 Å². The molecule has 2 saturated carbocycles. The number of hydrogen-bond donors (Lipinski definition) is 0. The molecule has 0 heteroatoms. The van der Waals surface area contributed by atoms with Crippen molar-refractivity contribution in [3.05, 3.63) is 35.9 Å². The SMILES string of the molecule is c1ccc(CC2CC3CCC2C3)cc1. The van der Waals surface area contributed by atoms with Gasteiger partial charge in [0.15, 0.2) is 0 Å². The van der Waals surface area contributed by atoms with Crippen LogP contribution < -0.4 is 0 Å². The van der Waals surface area contributed by atoms with Crippen LogP contribution in [0.15, 0.2) is 30.3 Å². The minimum atomic E-state index is 1.01. The van der Waals surface area contributed by atoms with Crippen LogP contribution in [0.25, 0.3) is 0 Å². The summed E-state index contributed by atoms with van der Waals surface area (Å²) in [6, 6.07) is 11.0. The van der Waals surface area contributed by atoms with Crippen LogP contribution in [0.4, 0.5) is 0 Å². The number of fused-ring (bicyclic) bond motifs is 2. The third-order valence-corrected chi connectivity index (χ3v) is 4.23. The van der Waals surface area contributed by atoms with Crippen LogP contribution in [0.3, 0.4) is 0 Å². The molecule has 1 aromatic rings. The molecule has 0 saturated heterocycles. The maximum absolute atomic E-state index is 2.28. The zero-order chi connectivity index (χ0) is 9.38. The molecule has 3 unspecified atom stereocenters. The van der Waals surface area contributed by atoms with Crippen LogP contribution in [-0.4, -0.2) is 0 Å². The lowest BCUT2D eigenvalue weighted by Crippen LogP contribution is -2.12. The molecular formula is C14H18. The van der Waals surface area contributed by atoms with Crippen LogP contribution >= 0.6 is 0 Å². The summed E-state index contributed by atoms with van der Waals surface area (Å²) in [6.07, 6.45) is 7.43. The summed E-state index contributed by atoms with van der Waals surface area (Å²) in [6.45, 7) is 0. The molecule has 0 nitrogen and oxygen atoms in total. The Morgan fingerprint density at radius 1 is 1.00 bits per heavy atom. The molecule has 0 heterocycles. The Hall–Kier alpha value is -0.780. The predicted octanol–water partition coefficient (Wildman–Crippen LogP) is 3.67. The Morgan fingerprint density at radius 3 is 2.50 bits per heavy atom. The summed E-state index contributed by atoms with van der Waals surface area (Å²) in [5, 5.41) is 0. The molecule has 74 valence electrons. The van der Waals surface area contributed by atoms with E-state index in [0.29, 0.717) is 0 Å². The number of hydrogen-bond acceptors (Lipinski definition) is 0. The first-order valence-corrected chi connectivity index (χ1v) is 5.96. The van der Waals surface area contributed by atoms with Gasteiger partial charge in [0.1, 0.15) is 0 Å². The first kappa shape index (κ1) is 8.52. The van der Waals surface area contributed by atoms with E-state index in [2.05, 4.69) is 30.3 Å². The lowest BCUT2D eigenvalue weighted by atomic mass is 9.84. The summed E-state index contributed by atoms with van der Waals surface area (Å²) in [4.78, 5) is 0. The molecule has 2 fully saturated rings. The first-order chi connectivity index (χ1) is 6.92. The minimum Gasteiger partial charge on any atom is -0.0622 e. The van der Waals surface area contributed by atoms with Gasteiger partial charge in [-0.15, -0.1) is 0 Å². The van der Waals surface area contributed by atoms with Gasteiger partial charge < -0.3 is 0 Å². The largest absolute Gasteiger partial charge is 0.0622 e. The summed E-state index contributed by atoms with van der Waals surface area (Å²) in [5.41, 5.74) is 1.55. The molecule has 0 spiro atoms. The van der Waals surface area contributed by atoms with E-state index in [1.54, 1.807) is 5.56 Å². The smallest absolute Gasteiger partial charge is 0.0248 e. The van der Waals surface area contributed by atoms with Gasteiger partial charge in [-0.25, -0.2) is 0 Å². The summed E-state index contributed by atoms with van der Waals surface area (Å²) >= 11 is 0. The molecule has 3 atom stereocenters. The van der Waals surface area contributed by atoms with Crippen LogP contribution in [0.2, 0.25) is 0 Å². The molecule has 1 aromatic carbocycles. The van der Waals surface area contributed by atoms with Crippen molar-refractivity contribution in [1.29, 1.82) is 0 Å². The highest BCUT2D eigenvalue weighted by atomic mass is 14.4. The van der Waals surface area contributed by atoms with Crippen molar-refractivity contribution < 1.29 is 0 Å². The van der Waals surface area contributed by atoms with Gasteiger partial charge in [0.25, 0.3) is 0 Å². The van der Waals surface area contributed by atoms with E-state index in [0.717, 1.165) is 17.8 Å². The first-order valence-electron chi connectivity index (χ1n) is 5.96. The monoisotopic (exact) mass is 186 g/mol. The lowest BCUT2D eigenvalue weighted by molar-refractivity contribution is 0.331. The van der Waals surface area contributed by atoms with Gasteiger partial charge in [0.2, 0.25) is 0 Å². The molecule has 2 aliphatic carbocycles. The van der Waals surface area contributed by atoms with Crippen molar-refractivity contribution in [2.75, 3.05) is 0 Å². The topological polar surface area (TPSA) is 0 Å². The van der Waals surface area contributed by atoms with Crippen molar-refractivity contribution in [3.8, 4) is 0 Å². The maximum atomic E-state index is 2.28. The van der Waals surface area contributed by atoms with Crippen LogP contribution in [0, 0.1) is 17.8 Å². The van der Waals surface area contributed by atoms with Gasteiger partial charge in [-0.2, -0.15) is 0 Å². The van der Waals surface area contributed by atoms with Crippen molar-refractivity contribution in [2.45, 2.75) is 32.1 Å². The van der Waals surface area contributed by atoms with Crippen LogP contribution in [0.1, 0.15) is 31.2 Å². The fourth-order valence-electron chi connectivity index (χ4n) is 3.54. The zero-order valence-electron chi connectivity index (χ0n) is 8.65. The molecule has 0 N–H and O–H groups in total. The van der Waals surface area contributed by atoms with Crippen LogP contribution in [-0.2, 0) is 6.42 Å². The van der Waals surface area contributed by atoms with Crippen molar-refractivity contribution in [1.82, 2.24) is 0 Å². The summed E-state index contributed by atoms with van der Waals surface area (Å²) in [5.74, 6) is 3.17. The van der Waals surface area contributed by atoms with Crippen molar-refractivity contribution in [3.63, 3.8) is 0 Å². The van der Waals surface area contributed by atoms with E-state index in [1.807, 2.05) is 0 Å². The summed E-state index contributed by atoms with van der Waals surface area (Å²) in [7, 11) is 0. The molecule has 2 aliphatic rings. The van der Waals surface area contributed by atoms with Gasteiger partial charge in [-0.05, 0) is 49.0 Å². The van der Waals surface area contributed by atoms with Crippen molar-refractivity contribution >= 4 is 0 Å². The Labute approximate surface area is 86.3 Å². The second kappa shape index (κ2) is 3.42. The van der Waals surface area contributed by atoms with E-state index in [-0.39, 0.29) is 0 Å². The molecule has 0 aromatic heterocycles. The van der Waals surface area contributed by atoms with E-state index in [4.69, 9.17) is 0 Å². The minimum absolute atomic E-state index is 1.01. The molecular weight excluding hydrogens is 168 g/mol. The standard InChI is InChI=1S/C14H18/c1-2-4-11(5-3-1)8-14-10-12-6-7-13(14)9-12/h1-5,12-14H,6-10H2. The number of benzene rings is 1. The zero-order valence-corrected chi connectivity index (χ0v) is 8.65. The highest BCUT2D eigenvalue weighted by Crippen LogP contribution is 2.49. The molecule has 14 heavy (non-hydrogen) atoms. The summed E-state index contributed by atoms with van der Waals surface area (Å²) < 4.78 is 0. The third kappa shape index (κ3) is 1.47. The Morgan fingerprint density at radius 2 is 1.86 bits per heavy atom. The van der Waals surface area contributed by atoms with Gasteiger partial charge in [-0.3, -0.25) is 0 Å². The van der Waals surface area contributed by atoms with E-state index < -0.39 is 0 Å². The van der Waals surface area contributed by atoms with Crippen LogP contribution in [0.5, 0.6) is 0 Å². The van der Waals surface area contributed by atoms with Gasteiger partial charge >= 0.3 is 0 Å². The molecule has 3 rings (SSSR count). The van der Waals surface area contributed by atoms with E-state index in [1.165, 1.54) is 32.1 Å². The Kier molecular flexibility index (Phi) is 2.08. The Balaban J connectivity index is 1.69. The second-order valence-electron chi connectivity index (χ2n) is 5.12. The van der Waals surface area contributed by atoms with Gasteiger partial charge in [0.05, 0.1) is 0 Å². The van der Waals surface area contributed by atoms with Crippen molar-refractivity contribution in [2.24, 2.45) is 17.8 Å². The molecule has 0 amide bonds. The maximum Gasteiger partial charge on any atom is -0.0248 e.